The molecule has 1 unspecified atom stereocenters. The fourth-order valence-corrected chi connectivity index (χ4v) is 3.88. The second-order valence-electron chi connectivity index (χ2n) is 7.90. The summed E-state index contributed by atoms with van der Waals surface area (Å²) in [6.45, 7) is 4.43. The van der Waals surface area contributed by atoms with E-state index in [4.69, 9.17) is 4.74 Å². The predicted molar refractivity (Wildman–Crippen MR) is 125 cm³/mol. The van der Waals surface area contributed by atoms with Gasteiger partial charge in [0, 0.05) is 18.3 Å². The summed E-state index contributed by atoms with van der Waals surface area (Å²) in [6, 6.07) is 5.35. The van der Waals surface area contributed by atoms with Crippen molar-refractivity contribution in [3.05, 3.63) is 85.7 Å². The minimum absolute atomic E-state index is 0.0993. The van der Waals surface area contributed by atoms with Gasteiger partial charge in [-0.15, -0.1) is 0 Å². The van der Waals surface area contributed by atoms with Gasteiger partial charge in [-0.1, -0.05) is 12.1 Å². The number of benzene rings is 1. The third kappa shape index (κ3) is 4.30. The standard InChI is InChI=1S/C24H24N4O5/c1-14(5-4-10-25-13-29)28-12-16-6-3-7-18(19(16)24(28)32)27-21-20(22(30)23(21)31)26-11-17-9-8-15(2)33-17/h3-7,9-10,13,15,26-27H,8,11-12H2,1-2H3,(H,25,29)/b10-4-,14-5+. The molecular weight excluding hydrogens is 424 g/mol. The lowest BCUT2D eigenvalue weighted by atomic mass is 10.1. The van der Waals surface area contributed by atoms with E-state index in [0.29, 0.717) is 36.4 Å². The minimum atomic E-state index is -0.629. The summed E-state index contributed by atoms with van der Waals surface area (Å²) in [5.41, 5.74) is 1.52. The van der Waals surface area contributed by atoms with E-state index in [1.807, 2.05) is 19.1 Å². The van der Waals surface area contributed by atoms with Crippen LogP contribution in [-0.2, 0) is 16.1 Å². The number of nitrogens with zero attached hydrogens (tertiary/aromatic N) is 1. The van der Waals surface area contributed by atoms with E-state index < -0.39 is 10.9 Å². The third-order valence-corrected chi connectivity index (χ3v) is 5.60. The van der Waals surface area contributed by atoms with Crippen LogP contribution < -0.4 is 26.8 Å². The number of carbonyl (C=O) groups is 2. The molecule has 0 radical (unpaired) electrons. The highest BCUT2D eigenvalue weighted by Gasteiger charge is 2.32. The molecule has 0 aromatic heterocycles. The summed E-state index contributed by atoms with van der Waals surface area (Å²) in [5, 5.41) is 8.39. The van der Waals surface area contributed by atoms with Crippen molar-refractivity contribution in [3.8, 4) is 0 Å². The van der Waals surface area contributed by atoms with E-state index in [1.165, 1.54) is 6.20 Å². The van der Waals surface area contributed by atoms with E-state index in [9.17, 15) is 19.2 Å². The van der Waals surface area contributed by atoms with Gasteiger partial charge in [-0.2, -0.15) is 0 Å². The van der Waals surface area contributed by atoms with Gasteiger partial charge >= 0.3 is 0 Å². The highest BCUT2D eigenvalue weighted by atomic mass is 16.5. The predicted octanol–water partition coefficient (Wildman–Crippen LogP) is 2.25. The molecule has 2 amide bonds. The zero-order valence-electron chi connectivity index (χ0n) is 18.3. The first kappa shape index (κ1) is 22.1. The first-order chi connectivity index (χ1) is 15.9. The van der Waals surface area contributed by atoms with Crippen molar-refractivity contribution in [2.45, 2.75) is 32.9 Å². The SMILES string of the molecule is C/C(=C\C=C/NC=O)N1Cc2cccc(Nc3c(NCC4=CCC(C)O4)c(=O)c3=O)c2C1=O. The highest BCUT2D eigenvalue weighted by Crippen LogP contribution is 2.34. The van der Waals surface area contributed by atoms with Crippen molar-refractivity contribution in [1.82, 2.24) is 10.2 Å². The summed E-state index contributed by atoms with van der Waals surface area (Å²) in [6.07, 6.45) is 8.22. The molecule has 9 heteroatoms. The summed E-state index contributed by atoms with van der Waals surface area (Å²) >= 11 is 0. The summed E-state index contributed by atoms with van der Waals surface area (Å²) in [4.78, 5) is 49.5. The Kier molecular flexibility index (Phi) is 6.12. The van der Waals surface area contributed by atoms with E-state index in [0.717, 1.165) is 17.7 Å². The molecule has 4 rings (SSSR count). The van der Waals surface area contributed by atoms with Crippen molar-refractivity contribution in [2.75, 3.05) is 17.2 Å². The molecule has 3 N–H and O–H groups in total. The Morgan fingerprint density at radius 2 is 2.00 bits per heavy atom. The molecule has 2 aliphatic rings. The number of rotatable bonds is 9. The first-order valence-electron chi connectivity index (χ1n) is 10.6. The van der Waals surface area contributed by atoms with Gasteiger partial charge in [-0.3, -0.25) is 19.2 Å². The fraction of sp³-hybridized carbons (Fsp3) is 0.250. The average molecular weight is 448 g/mol. The van der Waals surface area contributed by atoms with Crippen molar-refractivity contribution >= 4 is 29.4 Å². The molecule has 2 aliphatic heterocycles. The van der Waals surface area contributed by atoms with Crippen LogP contribution in [0.3, 0.4) is 0 Å². The van der Waals surface area contributed by atoms with Crippen molar-refractivity contribution in [2.24, 2.45) is 0 Å². The molecule has 2 heterocycles. The normalized spacial score (nSPS) is 17.8. The summed E-state index contributed by atoms with van der Waals surface area (Å²) in [7, 11) is 0. The van der Waals surface area contributed by atoms with Crippen molar-refractivity contribution in [3.63, 3.8) is 0 Å². The average Bonchev–Trinajstić information content (AvgIpc) is 3.38. The Labute approximate surface area is 190 Å². The lowest BCUT2D eigenvalue weighted by Crippen LogP contribution is -2.37. The number of anilines is 3. The second kappa shape index (κ2) is 9.15. The van der Waals surface area contributed by atoms with E-state index in [-0.39, 0.29) is 23.4 Å². The van der Waals surface area contributed by atoms with Crippen LogP contribution >= 0.6 is 0 Å². The number of fused-ring (bicyclic) bond motifs is 1. The van der Waals surface area contributed by atoms with E-state index in [2.05, 4.69) is 16.0 Å². The molecule has 33 heavy (non-hydrogen) atoms. The smallest absolute Gasteiger partial charge is 0.260 e. The van der Waals surface area contributed by atoms with Gasteiger partial charge in [0.1, 0.15) is 17.1 Å². The molecule has 170 valence electrons. The molecule has 0 spiro atoms. The molecule has 2 aromatic carbocycles. The van der Waals surface area contributed by atoms with Crippen LogP contribution in [0, 0.1) is 0 Å². The van der Waals surface area contributed by atoms with Gasteiger partial charge in [0.25, 0.3) is 16.8 Å². The maximum Gasteiger partial charge on any atom is 0.260 e. The van der Waals surface area contributed by atoms with Crippen LogP contribution in [0.15, 0.2) is 63.7 Å². The highest BCUT2D eigenvalue weighted by molar-refractivity contribution is 6.05. The number of carbonyl (C=O) groups excluding carboxylic acids is 2. The lowest BCUT2D eigenvalue weighted by molar-refractivity contribution is -0.108. The maximum absolute atomic E-state index is 13.1. The molecule has 2 aromatic rings. The number of amides is 2. The largest absolute Gasteiger partial charge is 0.493 e. The van der Waals surface area contributed by atoms with Crippen LogP contribution in [-0.4, -0.2) is 29.9 Å². The Hall–Kier alpha value is -4.14. The molecule has 0 aliphatic carbocycles. The molecule has 0 saturated carbocycles. The Balaban J connectivity index is 1.53. The summed E-state index contributed by atoms with van der Waals surface area (Å²) in [5.74, 6) is 0.512. The zero-order chi connectivity index (χ0) is 23.5. The van der Waals surface area contributed by atoms with E-state index in [1.54, 1.807) is 36.1 Å². The number of allylic oxidation sites excluding steroid dienone is 3. The molecular formula is C24H24N4O5. The fourth-order valence-electron chi connectivity index (χ4n) is 3.88. The molecule has 0 fully saturated rings. The topological polar surface area (TPSA) is 117 Å². The maximum atomic E-state index is 13.1. The monoisotopic (exact) mass is 448 g/mol. The van der Waals surface area contributed by atoms with Crippen molar-refractivity contribution in [1.29, 1.82) is 0 Å². The Morgan fingerprint density at radius 3 is 2.73 bits per heavy atom. The number of hydrogen-bond donors (Lipinski definition) is 3. The quantitative estimate of drug-likeness (QED) is 0.306. The van der Waals surface area contributed by atoms with Crippen LogP contribution in [0.2, 0.25) is 0 Å². The van der Waals surface area contributed by atoms with Gasteiger partial charge in [-0.25, -0.2) is 0 Å². The van der Waals surface area contributed by atoms with Crippen LogP contribution in [0.1, 0.15) is 36.2 Å². The van der Waals surface area contributed by atoms with Gasteiger partial charge in [0.15, 0.2) is 0 Å². The van der Waals surface area contributed by atoms with Gasteiger partial charge in [0.05, 0.1) is 30.4 Å². The molecule has 9 nitrogen and oxygen atoms in total. The van der Waals surface area contributed by atoms with Gasteiger partial charge in [0.2, 0.25) is 6.41 Å². The third-order valence-electron chi connectivity index (χ3n) is 5.60. The molecule has 1 atom stereocenters. The first-order valence-corrected chi connectivity index (χ1v) is 10.6. The van der Waals surface area contributed by atoms with Gasteiger partial charge < -0.3 is 25.6 Å². The van der Waals surface area contributed by atoms with Crippen LogP contribution in [0.25, 0.3) is 0 Å². The summed E-state index contributed by atoms with van der Waals surface area (Å²) < 4.78 is 5.62. The van der Waals surface area contributed by atoms with Crippen molar-refractivity contribution < 1.29 is 14.3 Å². The minimum Gasteiger partial charge on any atom is -0.493 e. The molecule has 0 bridgehead atoms. The second-order valence-corrected chi connectivity index (χ2v) is 7.90. The van der Waals surface area contributed by atoms with Crippen LogP contribution in [0.4, 0.5) is 17.1 Å². The van der Waals surface area contributed by atoms with E-state index >= 15 is 0 Å². The Bertz CT molecular complexity index is 1270. The van der Waals surface area contributed by atoms with Gasteiger partial charge in [-0.05, 0) is 43.7 Å². The number of hydrogen-bond acceptors (Lipinski definition) is 7. The zero-order valence-corrected chi connectivity index (χ0v) is 18.3. The number of nitrogens with one attached hydrogen (secondary N) is 3. The molecule has 0 saturated heterocycles. The van der Waals surface area contributed by atoms with Crippen LogP contribution in [0.5, 0.6) is 0 Å². The number of ether oxygens (including phenoxy) is 1. The Morgan fingerprint density at radius 1 is 1.21 bits per heavy atom. The lowest BCUT2D eigenvalue weighted by Gasteiger charge is -2.18.